The smallest absolute Gasteiger partial charge is 0.180 e. The number of thiazole rings is 1. The number of halogens is 1. The summed E-state index contributed by atoms with van der Waals surface area (Å²) in [5, 5.41) is 0.662. The second-order valence-electron chi connectivity index (χ2n) is 5.30. The van der Waals surface area contributed by atoms with Crippen LogP contribution in [0.4, 0.5) is 5.13 Å². The van der Waals surface area contributed by atoms with E-state index in [1.54, 1.807) is 11.3 Å². The van der Waals surface area contributed by atoms with Crippen LogP contribution in [0.1, 0.15) is 34.9 Å². The Bertz CT molecular complexity index is 611. The van der Waals surface area contributed by atoms with Gasteiger partial charge in [0.25, 0.3) is 0 Å². The van der Waals surface area contributed by atoms with E-state index in [1.165, 1.54) is 33.3 Å². The van der Waals surface area contributed by atoms with E-state index in [4.69, 9.17) is 5.73 Å². The van der Waals surface area contributed by atoms with Crippen molar-refractivity contribution in [2.45, 2.75) is 32.4 Å². The van der Waals surface area contributed by atoms with Gasteiger partial charge >= 0.3 is 0 Å². The average molecular weight is 352 g/mol. The Hall–Kier alpha value is -0.910. The predicted molar refractivity (Wildman–Crippen MR) is 87.8 cm³/mol. The molecule has 0 radical (unpaired) electrons. The van der Waals surface area contributed by atoms with Gasteiger partial charge in [0.2, 0.25) is 0 Å². The van der Waals surface area contributed by atoms with Crippen molar-refractivity contribution in [3.63, 3.8) is 0 Å². The Morgan fingerprint density at radius 1 is 1.50 bits per heavy atom. The first kappa shape index (κ1) is 14.0. The molecule has 1 unspecified atom stereocenters. The van der Waals surface area contributed by atoms with E-state index in [2.05, 4.69) is 50.9 Å². The highest BCUT2D eigenvalue weighted by atomic mass is 79.9. The van der Waals surface area contributed by atoms with Gasteiger partial charge in [-0.2, -0.15) is 0 Å². The number of anilines is 1. The molecule has 1 aliphatic heterocycles. The molecule has 1 aromatic carbocycles. The molecule has 0 amide bonds. The van der Waals surface area contributed by atoms with Crippen molar-refractivity contribution in [1.29, 1.82) is 0 Å². The van der Waals surface area contributed by atoms with Gasteiger partial charge < -0.3 is 5.73 Å². The molecule has 1 saturated heterocycles. The molecule has 0 bridgehead atoms. The molecule has 5 heteroatoms. The Morgan fingerprint density at radius 2 is 2.35 bits per heavy atom. The van der Waals surface area contributed by atoms with Crippen molar-refractivity contribution in [1.82, 2.24) is 9.88 Å². The van der Waals surface area contributed by atoms with Crippen LogP contribution < -0.4 is 5.73 Å². The summed E-state index contributed by atoms with van der Waals surface area (Å²) < 4.78 is 1.18. The monoisotopic (exact) mass is 351 g/mol. The minimum Gasteiger partial charge on any atom is -0.375 e. The Labute approximate surface area is 131 Å². The van der Waals surface area contributed by atoms with Crippen LogP contribution in [0.15, 0.2) is 28.9 Å². The molecule has 1 aromatic heterocycles. The molecular weight excluding hydrogens is 334 g/mol. The van der Waals surface area contributed by atoms with Crippen LogP contribution >= 0.6 is 27.3 Å². The lowest BCUT2D eigenvalue weighted by Gasteiger charge is -2.24. The number of nitrogen functional groups attached to an aromatic ring is 1. The van der Waals surface area contributed by atoms with E-state index in [0.717, 1.165) is 13.1 Å². The van der Waals surface area contributed by atoms with Crippen molar-refractivity contribution in [3.05, 3.63) is 44.9 Å². The van der Waals surface area contributed by atoms with Gasteiger partial charge in [-0.05, 0) is 43.5 Å². The summed E-state index contributed by atoms with van der Waals surface area (Å²) in [5.41, 5.74) is 8.44. The number of aromatic nitrogens is 1. The zero-order valence-corrected chi connectivity index (χ0v) is 13.9. The summed E-state index contributed by atoms with van der Waals surface area (Å²) in [6.45, 7) is 4.25. The number of benzene rings is 1. The first-order valence-corrected chi connectivity index (χ1v) is 8.45. The molecule has 1 aliphatic rings. The van der Waals surface area contributed by atoms with Crippen LogP contribution in [0.5, 0.6) is 0 Å². The van der Waals surface area contributed by atoms with Crippen molar-refractivity contribution in [2.75, 3.05) is 12.3 Å². The van der Waals surface area contributed by atoms with Crippen molar-refractivity contribution in [2.24, 2.45) is 0 Å². The molecule has 1 fully saturated rings. The molecule has 106 valence electrons. The van der Waals surface area contributed by atoms with Crippen LogP contribution in [-0.2, 0) is 6.54 Å². The molecular formula is C15H18BrN3S. The summed E-state index contributed by atoms with van der Waals surface area (Å²) in [4.78, 5) is 7.94. The third-order valence-electron chi connectivity index (χ3n) is 3.86. The highest BCUT2D eigenvalue weighted by molar-refractivity contribution is 9.10. The van der Waals surface area contributed by atoms with Crippen molar-refractivity contribution < 1.29 is 0 Å². The maximum absolute atomic E-state index is 5.72. The fourth-order valence-corrected chi connectivity index (χ4v) is 3.82. The van der Waals surface area contributed by atoms with Crippen molar-refractivity contribution in [3.8, 4) is 0 Å². The second-order valence-corrected chi connectivity index (χ2v) is 7.30. The molecule has 0 saturated carbocycles. The highest BCUT2D eigenvalue weighted by Gasteiger charge is 2.26. The number of hydrogen-bond donors (Lipinski definition) is 1. The molecule has 20 heavy (non-hydrogen) atoms. The summed E-state index contributed by atoms with van der Waals surface area (Å²) >= 11 is 5.17. The maximum atomic E-state index is 5.72. The molecule has 2 N–H and O–H groups in total. The first-order chi connectivity index (χ1) is 9.63. The van der Waals surface area contributed by atoms with Gasteiger partial charge in [0.15, 0.2) is 5.13 Å². The summed E-state index contributed by atoms with van der Waals surface area (Å²) in [5.74, 6) is 0. The number of nitrogens with two attached hydrogens (primary N) is 1. The van der Waals surface area contributed by atoms with Crippen LogP contribution in [0.2, 0.25) is 0 Å². The van der Waals surface area contributed by atoms with E-state index in [0.29, 0.717) is 11.2 Å². The molecule has 2 aromatic rings. The lowest BCUT2D eigenvalue weighted by atomic mass is 10.0. The maximum Gasteiger partial charge on any atom is 0.180 e. The van der Waals surface area contributed by atoms with E-state index >= 15 is 0 Å². The highest BCUT2D eigenvalue weighted by Crippen LogP contribution is 2.35. The van der Waals surface area contributed by atoms with Gasteiger partial charge in [-0.1, -0.05) is 28.1 Å². The second kappa shape index (κ2) is 5.84. The minimum absolute atomic E-state index is 0.519. The zero-order valence-electron chi connectivity index (χ0n) is 11.5. The zero-order chi connectivity index (χ0) is 14.1. The van der Waals surface area contributed by atoms with Crippen LogP contribution in [0, 0.1) is 6.92 Å². The third kappa shape index (κ3) is 2.90. The molecule has 3 nitrogen and oxygen atoms in total. The lowest BCUT2D eigenvalue weighted by molar-refractivity contribution is 0.250. The predicted octanol–water partition coefficient (Wildman–Crippen LogP) is 4.13. The number of likely N-dealkylation sites (tertiary alicyclic amines) is 1. The number of nitrogens with zero attached hydrogens (tertiary/aromatic N) is 2. The van der Waals surface area contributed by atoms with E-state index in [-0.39, 0.29) is 0 Å². The van der Waals surface area contributed by atoms with Gasteiger partial charge in [0.1, 0.15) is 0 Å². The summed E-state index contributed by atoms with van der Waals surface area (Å²) in [6.07, 6.45) is 4.39. The number of rotatable bonds is 3. The Kier molecular flexibility index (Phi) is 4.10. The number of hydrogen-bond acceptors (Lipinski definition) is 4. The van der Waals surface area contributed by atoms with E-state index in [9.17, 15) is 0 Å². The third-order valence-corrected chi connectivity index (χ3v) is 5.56. The van der Waals surface area contributed by atoms with Crippen molar-refractivity contribution >= 4 is 32.4 Å². The molecule has 1 atom stereocenters. The normalized spacial score (nSPS) is 19.6. The molecule has 0 spiro atoms. The summed E-state index contributed by atoms with van der Waals surface area (Å²) in [6, 6.07) is 7.21. The summed E-state index contributed by atoms with van der Waals surface area (Å²) in [7, 11) is 0. The Balaban J connectivity index is 1.79. The van der Waals surface area contributed by atoms with Gasteiger partial charge in [-0.3, -0.25) is 4.90 Å². The molecule has 3 rings (SSSR count). The first-order valence-electron chi connectivity index (χ1n) is 6.84. The molecule has 0 aliphatic carbocycles. The fraction of sp³-hybridized carbons (Fsp3) is 0.400. The van der Waals surface area contributed by atoms with Crippen LogP contribution in [0.25, 0.3) is 0 Å². The van der Waals surface area contributed by atoms with E-state index < -0.39 is 0 Å². The van der Waals surface area contributed by atoms with Gasteiger partial charge in [-0.15, -0.1) is 11.3 Å². The fourth-order valence-electron chi connectivity index (χ4n) is 2.86. The minimum atomic E-state index is 0.519. The average Bonchev–Trinajstić information content (AvgIpc) is 3.03. The molecule has 2 heterocycles. The number of aryl methyl sites for hydroxylation is 1. The largest absolute Gasteiger partial charge is 0.375 e. The SMILES string of the molecule is Cc1cc(C2CCCN2Cc2cnc(N)s2)ccc1Br. The van der Waals surface area contributed by atoms with E-state index in [1.807, 2.05) is 6.20 Å². The standard InChI is InChI=1S/C15H18BrN3S/c1-10-7-11(4-5-13(10)16)14-3-2-6-19(14)9-12-8-18-15(17)20-12/h4-5,7-8,14H,2-3,6,9H2,1H3,(H2,17,18). The van der Waals surface area contributed by atoms with Crippen LogP contribution in [0.3, 0.4) is 0 Å². The lowest BCUT2D eigenvalue weighted by Crippen LogP contribution is -2.22. The van der Waals surface area contributed by atoms with Crippen LogP contribution in [-0.4, -0.2) is 16.4 Å². The quantitative estimate of drug-likeness (QED) is 0.903. The topological polar surface area (TPSA) is 42.2 Å². The van der Waals surface area contributed by atoms with Gasteiger partial charge in [-0.25, -0.2) is 4.98 Å². The Morgan fingerprint density at radius 3 is 3.05 bits per heavy atom. The van der Waals surface area contributed by atoms with Gasteiger partial charge in [0, 0.05) is 28.1 Å². The van der Waals surface area contributed by atoms with Gasteiger partial charge in [0.05, 0.1) is 0 Å².